The Hall–Kier alpha value is -0.770. The van der Waals surface area contributed by atoms with Crippen LogP contribution in [0.25, 0.3) is 0 Å². The lowest BCUT2D eigenvalue weighted by Crippen LogP contribution is -1.95. The van der Waals surface area contributed by atoms with Crippen LogP contribution < -0.4 is 0 Å². The molecular weight excluding hydrogens is 98.1 g/mol. The molecule has 1 heteroatoms. The van der Waals surface area contributed by atoms with Crippen molar-refractivity contribution in [1.82, 2.24) is 0 Å². The van der Waals surface area contributed by atoms with Crippen LogP contribution in [0.3, 0.4) is 0 Å². The predicted molar refractivity (Wildman–Crippen MR) is 32.1 cm³/mol. The van der Waals surface area contributed by atoms with E-state index in [0.29, 0.717) is 19.3 Å². The highest BCUT2D eigenvalue weighted by Crippen LogP contribution is 2.14. The van der Waals surface area contributed by atoms with Gasteiger partial charge in [-0.3, -0.25) is 0 Å². The van der Waals surface area contributed by atoms with Crippen LogP contribution >= 0.6 is 0 Å². The van der Waals surface area contributed by atoms with Gasteiger partial charge in [-0.1, -0.05) is 12.1 Å². The van der Waals surface area contributed by atoms with Crippen molar-refractivity contribution in [2.45, 2.75) is 19.3 Å². The molecule has 0 bridgehead atoms. The average Bonchev–Trinajstić information content (AvgIpc) is 2.00. The molecule has 1 nitrogen and oxygen atoms in total. The Balaban J connectivity index is 3.02. The van der Waals surface area contributed by atoms with Gasteiger partial charge in [-0.15, -0.1) is 0 Å². The SMILES string of the molecule is [2H]C1=C([2H])[C@]([2H])(C#N)CCC1. The van der Waals surface area contributed by atoms with Crippen LogP contribution in [0.5, 0.6) is 0 Å². The van der Waals surface area contributed by atoms with E-state index in [0.717, 1.165) is 0 Å². The maximum Gasteiger partial charge on any atom is 0.0697 e. The highest BCUT2D eigenvalue weighted by Gasteiger charge is 2.04. The summed E-state index contributed by atoms with van der Waals surface area (Å²) >= 11 is 0. The van der Waals surface area contributed by atoms with E-state index >= 15 is 0 Å². The molecule has 0 aromatic carbocycles. The second kappa shape index (κ2) is 2.52. The van der Waals surface area contributed by atoms with E-state index in [2.05, 4.69) is 0 Å². The van der Waals surface area contributed by atoms with Crippen molar-refractivity contribution in [1.29, 1.82) is 5.26 Å². The average molecular weight is 110 g/mol. The van der Waals surface area contributed by atoms with E-state index in [1.54, 1.807) is 6.07 Å². The Bertz CT molecular complexity index is 241. The first-order chi connectivity index (χ1) is 5.10. The normalized spacial score (nSPS) is 44.1. The molecule has 0 saturated heterocycles. The minimum Gasteiger partial charge on any atom is -0.198 e. The van der Waals surface area contributed by atoms with Crippen molar-refractivity contribution >= 4 is 0 Å². The Morgan fingerprint density at radius 3 is 3.50 bits per heavy atom. The molecule has 0 aromatic rings. The number of hydrogen-bond donors (Lipinski definition) is 0. The molecule has 1 rings (SSSR count). The highest BCUT2D eigenvalue weighted by atomic mass is 14.3. The molecule has 42 valence electrons. The molecule has 0 amide bonds. The monoisotopic (exact) mass is 110 g/mol. The number of nitrogens with zero attached hydrogens (tertiary/aromatic N) is 1. The van der Waals surface area contributed by atoms with Crippen molar-refractivity contribution in [3.63, 3.8) is 0 Å². The fourth-order valence-corrected chi connectivity index (χ4v) is 0.669. The number of hydrogen-bond acceptors (Lipinski definition) is 1. The van der Waals surface area contributed by atoms with E-state index in [1.807, 2.05) is 0 Å². The molecule has 0 radical (unpaired) electrons. The topological polar surface area (TPSA) is 23.8 Å². The standard InChI is InChI=1S/C7H9N/c8-6-7-4-2-1-3-5-7/h2,4,7H,1,3,5H2/t7-/m0/s1/i2D,4D,7D. The van der Waals surface area contributed by atoms with Crippen molar-refractivity contribution in [2.24, 2.45) is 5.89 Å². The molecule has 0 aliphatic heterocycles. The molecular formula is C7H9N. The molecule has 0 aromatic heterocycles. The minimum absolute atomic E-state index is 0.119. The van der Waals surface area contributed by atoms with Gasteiger partial charge >= 0.3 is 0 Å². The van der Waals surface area contributed by atoms with Crippen molar-refractivity contribution < 1.29 is 4.11 Å². The summed E-state index contributed by atoms with van der Waals surface area (Å²) in [4.78, 5) is 0. The van der Waals surface area contributed by atoms with Crippen LogP contribution in [0.15, 0.2) is 12.1 Å². The summed E-state index contributed by atoms with van der Waals surface area (Å²) in [5.74, 6) is -1.44. The van der Waals surface area contributed by atoms with E-state index < -0.39 is 5.89 Å². The zero-order chi connectivity index (χ0) is 8.48. The fraction of sp³-hybridized carbons (Fsp3) is 0.571. The van der Waals surface area contributed by atoms with Gasteiger partial charge in [0.1, 0.15) is 0 Å². The van der Waals surface area contributed by atoms with Gasteiger partial charge in [-0.2, -0.15) is 5.26 Å². The van der Waals surface area contributed by atoms with Crippen LogP contribution in [0.4, 0.5) is 0 Å². The van der Waals surface area contributed by atoms with Gasteiger partial charge in [0, 0.05) is 0 Å². The lowest BCUT2D eigenvalue weighted by atomic mass is 9.98. The first-order valence-corrected chi connectivity index (χ1v) is 2.68. The Morgan fingerprint density at radius 1 is 2.00 bits per heavy atom. The Morgan fingerprint density at radius 2 is 2.88 bits per heavy atom. The summed E-state index contributed by atoms with van der Waals surface area (Å²) in [7, 11) is 0. The first kappa shape index (κ1) is 2.68. The third kappa shape index (κ3) is 1.10. The Labute approximate surface area is 53.8 Å². The molecule has 0 spiro atoms. The maximum absolute atomic E-state index is 8.56. The Kier molecular flexibility index (Phi) is 0.843. The minimum atomic E-state index is -1.44. The largest absolute Gasteiger partial charge is 0.198 e. The predicted octanol–water partition coefficient (Wildman–Crippen LogP) is 1.87. The molecule has 1 aliphatic carbocycles. The smallest absolute Gasteiger partial charge is 0.0697 e. The van der Waals surface area contributed by atoms with E-state index in [-0.39, 0.29) is 12.1 Å². The van der Waals surface area contributed by atoms with Crippen LogP contribution in [0.2, 0.25) is 0 Å². The second-order valence-electron chi connectivity index (χ2n) is 1.75. The molecule has 1 atom stereocenters. The number of nitriles is 1. The lowest BCUT2D eigenvalue weighted by molar-refractivity contribution is 0.640. The van der Waals surface area contributed by atoms with Gasteiger partial charge in [0.15, 0.2) is 0 Å². The van der Waals surface area contributed by atoms with Gasteiger partial charge in [0.05, 0.1) is 16.1 Å². The zero-order valence-electron chi connectivity index (χ0n) is 7.57. The van der Waals surface area contributed by atoms with Crippen molar-refractivity contribution in [3.05, 3.63) is 12.1 Å². The summed E-state index contributed by atoms with van der Waals surface area (Å²) in [6.45, 7) is 0. The van der Waals surface area contributed by atoms with E-state index in [9.17, 15) is 0 Å². The van der Waals surface area contributed by atoms with Gasteiger partial charge < -0.3 is 0 Å². The molecule has 0 N–H and O–H groups in total. The summed E-state index contributed by atoms with van der Waals surface area (Å²) in [5.41, 5.74) is 0. The summed E-state index contributed by atoms with van der Waals surface area (Å²) in [6, 6.07) is 1.79. The lowest BCUT2D eigenvalue weighted by Gasteiger charge is -2.05. The number of rotatable bonds is 0. The number of allylic oxidation sites excluding steroid dienone is 2. The summed E-state index contributed by atoms with van der Waals surface area (Å²) in [5, 5.41) is 8.56. The van der Waals surface area contributed by atoms with E-state index in [4.69, 9.17) is 9.37 Å². The molecule has 0 fully saturated rings. The van der Waals surface area contributed by atoms with Crippen molar-refractivity contribution in [2.75, 3.05) is 0 Å². The van der Waals surface area contributed by atoms with Gasteiger partial charge in [-0.25, -0.2) is 0 Å². The van der Waals surface area contributed by atoms with Crippen LogP contribution in [-0.2, 0) is 0 Å². The quantitative estimate of drug-likeness (QED) is 0.437. The fourth-order valence-electron chi connectivity index (χ4n) is 0.669. The summed E-state index contributed by atoms with van der Waals surface area (Å²) < 4.78 is 22.1. The molecule has 0 unspecified atom stereocenters. The third-order valence-corrected chi connectivity index (χ3v) is 1.10. The summed E-state index contributed by atoms with van der Waals surface area (Å²) in [6.07, 6.45) is 1.62. The maximum atomic E-state index is 8.56. The second-order valence-corrected chi connectivity index (χ2v) is 1.75. The molecule has 8 heavy (non-hydrogen) atoms. The van der Waals surface area contributed by atoms with Gasteiger partial charge in [0.25, 0.3) is 0 Å². The van der Waals surface area contributed by atoms with E-state index in [1.165, 1.54) is 0 Å². The van der Waals surface area contributed by atoms with Gasteiger partial charge in [-0.05, 0) is 19.3 Å². The van der Waals surface area contributed by atoms with Crippen molar-refractivity contribution in [3.8, 4) is 6.07 Å². The zero-order valence-corrected chi connectivity index (χ0v) is 4.57. The molecule has 0 heterocycles. The highest BCUT2D eigenvalue weighted by molar-refractivity contribution is 5.02. The van der Waals surface area contributed by atoms with Crippen LogP contribution in [0.1, 0.15) is 23.4 Å². The third-order valence-electron chi connectivity index (χ3n) is 1.10. The molecule has 0 saturated carbocycles. The molecule has 1 aliphatic rings. The van der Waals surface area contributed by atoms with Crippen LogP contribution in [0, 0.1) is 17.2 Å². The van der Waals surface area contributed by atoms with Crippen LogP contribution in [-0.4, -0.2) is 0 Å². The first-order valence-electron chi connectivity index (χ1n) is 4.18. The van der Waals surface area contributed by atoms with Gasteiger partial charge in [0.2, 0.25) is 0 Å².